The van der Waals surface area contributed by atoms with Crippen molar-refractivity contribution < 1.29 is 35.5 Å². The number of alkyl halides is 8. The van der Waals surface area contributed by atoms with Crippen molar-refractivity contribution in [3.63, 3.8) is 0 Å². The topological polar surface area (TPSA) is 17.1 Å². The van der Waals surface area contributed by atoms with E-state index >= 15 is 0 Å². The maximum absolute atomic E-state index is 11.9. The fourth-order valence-electron chi connectivity index (χ4n) is 0.490. The molecule has 0 spiro atoms. The molecule has 0 rings (SSSR count). The van der Waals surface area contributed by atoms with Gasteiger partial charge in [0.15, 0.2) is 0 Å². The summed E-state index contributed by atoms with van der Waals surface area (Å²) in [7, 11) is 0. The van der Waals surface area contributed by atoms with Gasteiger partial charge >= 0.3 is 12.4 Å². The van der Waals surface area contributed by atoms with Gasteiger partial charge in [0, 0.05) is 0 Å². The molecule has 0 aromatic rings. The van der Waals surface area contributed by atoms with Crippen LogP contribution in [0.4, 0.5) is 30.7 Å². The highest BCUT2D eigenvalue weighted by atomic mass is 79.9. The summed E-state index contributed by atoms with van der Waals surface area (Å²) in [5, 5.41) is 0. The van der Waals surface area contributed by atoms with Crippen LogP contribution < -0.4 is 0 Å². The highest BCUT2D eigenvalue weighted by Crippen LogP contribution is 2.43. The van der Waals surface area contributed by atoms with Crippen molar-refractivity contribution in [3.8, 4) is 0 Å². The standard InChI is InChI=1S/C5H2BrF7O/c6-3(1-7,5(11,12)13)2(14)4(8,9)10/h1H2. The number of hydrogen-bond acceptors (Lipinski definition) is 1. The first-order chi connectivity index (χ1) is 5.97. The zero-order valence-electron chi connectivity index (χ0n) is 6.14. The molecule has 0 bridgehead atoms. The van der Waals surface area contributed by atoms with Gasteiger partial charge < -0.3 is 0 Å². The number of carbonyl (C=O) groups is 1. The Morgan fingerprint density at radius 3 is 1.50 bits per heavy atom. The van der Waals surface area contributed by atoms with Crippen molar-refractivity contribution in [2.24, 2.45) is 0 Å². The second-order valence-electron chi connectivity index (χ2n) is 2.26. The average molecular weight is 291 g/mol. The van der Waals surface area contributed by atoms with Gasteiger partial charge in [0.1, 0.15) is 6.67 Å². The van der Waals surface area contributed by atoms with Gasteiger partial charge in [-0.1, -0.05) is 15.9 Å². The van der Waals surface area contributed by atoms with Gasteiger partial charge in [-0.25, -0.2) is 4.39 Å². The average Bonchev–Trinajstić information content (AvgIpc) is 1.97. The van der Waals surface area contributed by atoms with Crippen LogP contribution in [0.3, 0.4) is 0 Å². The summed E-state index contributed by atoms with van der Waals surface area (Å²) >= 11 is 1.44. The van der Waals surface area contributed by atoms with E-state index in [9.17, 15) is 35.5 Å². The lowest BCUT2D eigenvalue weighted by atomic mass is 10.1. The number of hydrogen-bond donors (Lipinski definition) is 0. The molecule has 0 aromatic heterocycles. The van der Waals surface area contributed by atoms with Crippen molar-refractivity contribution in [1.82, 2.24) is 0 Å². The monoisotopic (exact) mass is 290 g/mol. The van der Waals surface area contributed by atoms with Gasteiger partial charge in [-0.2, -0.15) is 26.3 Å². The summed E-state index contributed by atoms with van der Waals surface area (Å²) in [6, 6.07) is 0. The molecule has 0 radical (unpaired) electrons. The minimum Gasteiger partial charge on any atom is -0.287 e. The van der Waals surface area contributed by atoms with E-state index in [1.54, 1.807) is 0 Å². The van der Waals surface area contributed by atoms with Crippen LogP contribution in [0.15, 0.2) is 0 Å². The van der Waals surface area contributed by atoms with Crippen LogP contribution in [0.1, 0.15) is 0 Å². The molecule has 0 saturated carbocycles. The molecule has 0 fully saturated rings. The van der Waals surface area contributed by atoms with Gasteiger partial charge in [-0.05, 0) is 0 Å². The molecule has 1 nitrogen and oxygen atoms in total. The molecule has 0 aliphatic heterocycles. The van der Waals surface area contributed by atoms with E-state index in [1.807, 2.05) is 0 Å². The third-order valence-electron chi connectivity index (χ3n) is 1.25. The zero-order chi connectivity index (χ0) is 11.8. The molecule has 84 valence electrons. The van der Waals surface area contributed by atoms with E-state index in [2.05, 4.69) is 0 Å². The molecule has 1 unspecified atom stereocenters. The number of halogens is 8. The summed E-state index contributed by atoms with van der Waals surface area (Å²) in [6.07, 6.45) is -11.4. The Morgan fingerprint density at radius 2 is 1.43 bits per heavy atom. The van der Waals surface area contributed by atoms with E-state index in [-0.39, 0.29) is 0 Å². The highest BCUT2D eigenvalue weighted by molar-refractivity contribution is 9.10. The summed E-state index contributed by atoms with van der Waals surface area (Å²) < 4.78 is 78.1. The van der Waals surface area contributed by atoms with Crippen LogP contribution in [-0.4, -0.2) is 29.1 Å². The quantitative estimate of drug-likeness (QED) is 0.565. The minimum absolute atomic E-state index is 1.44. The van der Waals surface area contributed by atoms with Gasteiger partial charge in [-0.15, -0.1) is 0 Å². The Hall–Kier alpha value is -0.340. The molecule has 0 heterocycles. The van der Waals surface area contributed by atoms with Gasteiger partial charge in [0.25, 0.3) is 5.78 Å². The third-order valence-corrected chi connectivity index (χ3v) is 2.27. The Bertz CT molecular complexity index is 231. The van der Waals surface area contributed by atoms with E-state index in [4.69, 9.17) is 0 Å². The Kier molecular flexibility index (Phi) is 3.58. The van der Waals surface area contributed by atoms with Crippen molar-refractivity contribution in [2.45, 2.75) is 16.7 Å². The zero-order valence-corrected chi connectivity index (χ0v) is 7.73. The predicted octanol–water partition coefficient (Wildman–Crippen LogP) is 2.78. The molecule has 0 aromatic carbocycles. The summed E-state index contributed by atoms with van der Waals surface area (Å²) in [5.41, 5.74) is 0. The van der Waals surface area contributed by atoms with Crippen LogP contribution in [0, 0.1) is 0 Å². The largest absolute Gasteiger partial charge is 0.451 e. The van der Waals surface area contributed by atoms with Crippen molar-refractivity contribution in [1.29, 1.82) is 0 Å². The first kappa shape index (κ1) is 13.7. The highest BCUT2D eigenvalue weighted by Gasteiger charge is 2.66. The van der Waals surface area contributed by atoms with E-state index in [0.29, 0.717) is 0 Å². The van der Waals surface area contributed by atoms with E-state index in [1.165, 1.54) is 15.9 Å². The fourth-order valence-corrected chi connectivity index (χ4v) is 0.715. The van der Waals surface area contributed by atoms with Crippen molar-refractivity contribution in [3.05, 3.63) is 0 Å². The fraction of sp³-hybridized carbons (Fsp3) is 0.800. The number of carbonyl (C=O) groups excluding carboxylic acids is 1. The first-order valence-electron chi connectivity index (χ1n) is 2.90. The smallest absolute Gasteiger partial charge is 0.287 e. The molecule has 1 atom stereocenters. The molecule has 9 heteroatoms. The van der Waals surface area contributed by atoms with E-state index in [0.717, 1.165) is 0 Å². The van der Waals surface area contributed by atoms with Crippen LogP contribution in [0.2, 0.25) is 0 Å². The van der Waals surface area contributed by atoms with Crippen molar-refractivity contribution in [2.75, 3.05) is 6.67 Å². The normalized spacial score (nSPS) is 17.7. The molecular formula is C5H2BrF7O. The Balaban J connectivity index is 5.19. The van der Waals surface area contributed by atoms with Crippen LogP contribution in [0.5, 0.6) is 0 Å². The molecule has 0 N–H and O–H groups in total. The Morgan fingerprint density at radius 1 is 1.07 bits per heavy atom. The minimum atomic E-state index is -5.74. The molecule has 0 aliphatic rings. The SMILES string of the molecule is O=C(C(F)(F)F)C(Br)(CF)C(F)(F)F. The predicted molar refractivity (Wildman–Crippen MR) is 34.8 cm³/mol. The molecule has 0 amide bonds. The van der Waals surface area contributed by atoms with Crippen LogP contribution in [0.25, 0.3) is 0 Å². The first-order valence-corrected chi connectivity index (χ1v) is 3.69. The lowest BCUT2D eigenvalue weighted by molar-refractivity contribution is -0.203. The maximum Gasteiger partial charge on any atom is 0.451 e. The van der Waals surface area contributed by atoms with Gasteiger partial charge in [0.05, 0.1) is 0 Å². The molecule has 14 heavy (non-hydrogen) atoms. The molecule has 0 aliphatic carbocycles. The van der Waals surface area contributed by atoms with E-state index < -0.39 is 29.1 Å². The number of Topliss-reactive ketones (excluding diaryl/α,β-unsaturated/α-hetero) is 1. The molecule has 0 saturated heterocycles. The summed E-state index contributed by atoms with van der Waals surface area (Å²) in [5.74, 6) is -3.21. The lowest BCUT2D eigenvalue weighted by Crippen LogP contribution is -2.54. The maximum atomic E-state index is 11.9. The third kappa shape index (κ3) is 2.37. The van der Waals surface area contributed by atoms with Crippen LogP contribution >= 0.6 is 15.9 Å². The summed E-state index contributed by atoms with van der Waals surface area (Å²) in [4.78, 5) is 10.2. The number of ketones is 1. The second-order valence-corrected chi connectivity index (χ2v) is 3.61. The van der Waals surface area contributed by atoms with Gasteiger partial charge in [-0.3, -0.25) is 4.79 Å². The Labute approximate surface area is 81.4 Å². The van der Waals surface area contributed by atoms with Gasteiger partial charge in [0.2, 0.25) is 4.32 Å². The number of rotatable bonds is 2. The lowest BCUT2D eigenvalue weighted by Gasteiger charge is -2.26. The second kappa shape index (κ2) is 3.67. The summed E-state index contributed by atoms with van der Waals surface area (Å²) in [6.45, 7) is -2.52. The van der Waals surface area contributed by atoms with Crippen molar-refractivity contribution >= 4 is 21.7 Å². The molecular weight excluding hydrogens is 289 g/mol. The van der Waals surface area contributed by atoms with Crippen LogP contribution in [-0.2, 0) is 4.79 Å².